The van der Waals surface area contributed by atoms with Crippen LogP contribution in [0.2, 0.25) is 0 Å². The Morgan fingerprint density at radius 2 is 1.92 bits per heavy atom. The zero-order chi connectivity index (χ0) is 9.68. The Hall–Kier alpha value is -0.960. The minimum Gasteiger partial charge on any atom is -0.415 e. The molecule has 0 aliphatic carbocycles. The minimum absolute atomic E-state index is 0.147. The molecule has 0 fully saturated rings. The van der Waals surface area contributed by atoms with Gasteiger partial charge in [-0.2, -0.15) is 0 Å². The second-order valence-electron chi connectivity index (χ2n) is 2.90. The van der Waals surface area contributed by atoms with Gasteiger partial charge in [-0.3, -0.25) is 0 Å². The molecule has 70 valence electrons. The van der Waals surface area contributed by atoms with E-state index in [2.05, 4.69) is 0 Å². The number of hydrogen-bond acceptors (Lipinski definition) is 2. The summed E-state index contributed by atoms with van der Waals surface area (Å²) in [5.74, 6) is 0.273. The van der Waals surface area contributed by atoms with Crippen molar-refractivity contribution in [2.45, 2.75) is 0 Å². The van der Waals surface area contributed by atoms with Gasteiger partial charge in [0.25, 0.3) is 0 Å². The quantitative estimate of drug-likeness (QED) is 0.544. The molecule has 0 saturated carbocycles. The second-order valence-corrected chi connectivity index (χ2v) is 5.11. The topological polar surface area (TPSA) is 26.3 Å². The summed E-state index contributed by atoms with van der Waals surface area (Å²) in [4.78, 5) is 11.3. The lowest BCUT2D eigenvalue weighted by atomic mass is 10.2. The average molecular weight is 197 g/mol. The third-order valence-corrected chi connectivity index (χ3v) is 2.02. The molecule has 0 bridgehead atoms. The van der Waals surface area contributed by atoms with E-state index in [-0.39, 0.29) is 16.9 Å². The Morgan fingerprint density at radius 3 is 2.46 bits per heavy atom. The number of ether oxygens (including phenoxy) is 1. The van der Waals surface area contributed by atoms with Crippen molar-refractivity contribution in [1.29, 1.82) is 0 Å². The smallest absolute Gasteiger partial charge is 0.341 e. The third-order valence-electron chi connectivity index (χ3n) is 1.44. The van der Waals surface area contributed by atoms with Crippen LogP contribution in [0.5, 0.6) is 0 Å². The number of carbonyl (C=O) groups is 1. The summed E-state index contributed by atoms with van der Waals surface area (Å²) >= 11 is 0. The lowest BCUT2D eigenvalue weighted by Crippen LogP contribution is -2.12. The monoisotopic (exact) mass is 197 g/mol. The van der Waals surface area contributed by atoms with Crippen molar-refractivity contribution in [2.75, 3.05) is 18.5 Å². The van der Waals surface area contributed by atoms with Crippen LogP contribution in [0.3, 0.4) is 0 Å². The minimum atomic E-state index is -0.234. The maximum atomic E-state index is 11.3. The molecule has 0 radical (unpaired) electrons. The van der Waals surface area contributed by atoms with Gasteiger partial charge in [-0.15, -0.1) is 0 Å². The van der Waals surface area contributed by atoms with Crippen LogP contribution >= 0.6 is 0 Å². The van der Waals surface area contributed by atoms with Crippen LogP contribution in [-0.2, 0) is 15.6 Å². The highest BCUT2D eigenvalue weighted by Crippen LogP contribution is 2.01. The molecular weight excluding hydrogens is 184 g/mol. The van der Waals surface area contributed by atoms with Gasteiger partial charge in [-0.25, -0.2) is 4.79 Å². The molecule has 0 aliphatic rings. The molecule has 1 aromatic carbocycles. The van der Waals surface area contributed by atoms with E-state index in [0.717, 1.165) is 0 Å². The molecule has 0 heterocycles. The molecule has 1 aromatic rings. The fraction of sp³-hybridized carbons (Fsp3) is 0.300. The molecule has 2 nitrogen and oxygen atoms in total. The SMILES string of the molecule is C[S+](C)COC(=O)c1ccccc1. The van der Waals surface area contributed by atoms with Crippen LogP contribution in [0.25, 0.3) is 0 Å². The van der Waals surface area contributed by atoms with Crippen LogP contribution in [0.1, 0.15) is 10.4 Å². The van der Waals surface area contributed by atoms with Gasteiger partial charge >= 0.3 is 5.97 Å². The summed E-state index contributed by atoms with van der Waals surface area (Å²) < 4.78 is 5.06. The maximum absolute atomic E-state index is 11.3. The van der Waals surface area contributed by atoms with E-state index in [1.54, 1.807) is 12.1 Å². The van der Waals surface area contributed by atoms with E-state index >= 15 is 0 Å². The number of esters is 1. The van der Waals surface area contributed by atoms with E-state index in [0.29, 0.717) is 11.5 Å². The molecule has 0 amide bonds. The molecule has 0 unspecified atom stereocenters. The van der Waals surface area contributed by atoms with Crippen LogP contribution in [0, 0.1) is 0 Å². The standard InChI is InChI=1S/C10H13O2S/c1-13(2)8-12-10(11)9-6-4-3-5-7-9/h3-7H,8H2,1-2H3/q+1. The molecule has 0 saturated heterocycles. The first-order valence-corrected chi connectivity index (χ1v) is 6.17. The van der Waals surface area contributed by atoms with Crippen molar-refractivity contribution < 1.29 is 9.53 Å². The van der Waals surface area contributed by atoms with Gasteiger partial charge < -0.3 is 4.74 Å². The largest absolute Gasteiger partial charge is 0.415 e. The zero-order valence-electron chi connectivity index (χ0n) is 7.82. The Morgan fingerprint density at radius 1 is 1.31 bits per heavy atom. The molecule has 0 spiro atoms. The maximum Gasteiger partial charge on any atom is 0.341 e. The molecule has 13 heavy (non-hydrogen) atoms. The molecule has 3 heteroatoms. The second kappa shape index (κ2) is 4.92. The van der Waals surface area contributed by atoms with Crippen LogP contribution < -0.4 is 0 Å². The van der Waals surface area contributed by atoms with E-state index < -0.39 is 0 Å². The summed E-state index contributed by atoms with van der Waals surface area (Å²) in [5.41, 5.74) is 0.618. The Labute approximate surface area is 81.3 Å². The first-order valence-electron chi connectivity index (χ1n) is 3.96. The van der Waals surface area contributed by atoms with Crippen LogP contribution in [-0.4, -0.2) is 24.4 Å². The molecule has 0 atom stereocenters. The molecule has 0 aromatic heterocycles. The Balaban J connectivity index is 2.50. The summed E-state index contributed by atoms with van der Waals surface area (Å²) in [6, 6.07) is 9.04. The third kappa shape index (κ3) is 3.51. The average Bonchev–Trinajstić information content (AvgIpc) is 2.15. The number of hydrogen-bond donors (Lipinski definition) is 0. The van der Waals surface area contributed by atoms with Crippen LogP contribution in [0.4, 0.5) is 0 Å². The van der Waals surface area contributed by atoms with Crippen molar-refractivity contribution in [2.24, 2.45) is 0 Å². The molecule has 0 aliphatic heterocycles. The first-order chi connectivity index (χ1) is 6.20. The predicted octanol–water partition coefficient (Wildman–Crippen LogP) is 1.68. The van der Waals surface area contributed by atoms with Gasteiger partial charge in [0.15, 0.2) is 0 Å². The normalized spacial score (nSPS) is 10.1. The Bertz CT molecular complexity index is 270. The van der Waals surface area contributed by atoms with Crippen molar-refractivity contribution >= 4 is 16.9 Å². The molecular formula is C10H13O2S+. The van der Waals surface area contributed by atoms with Gasteiger partial charge in [0.2, 0.25) is 5.94 Å². The summed E-state index contributed by atoms with van der Waals surface area (Å²) in [6.45, 7) is 0. The highest BCUT2D eigenvalue weighted by Gasteiger charge is 2.09. The molecule has 0 N–H and O–H groups in total. The lowest BCUT2D eigenvalue weighted by molar-refractivity contribution is 0.0577. The van der Waals surface area contributed by atoms with Gasteiger partial charge in [-0.1, -0.05) is 18.2 Å². The number of rotatable bonds is 3. The lowest BCUT2D eigenvalue weighted by Gasteiger charge is -2.01. The van der Waals surface area contributed by atoms with E-state index in [1.165, 1.54) is 0 Å². The zero-order valence-corrected chi connectivity index (χ0v) is 8.64. The van der Waals surface area contributed by atoms with E-state index in [1.807, 2.05) is 30.7 Å². The molecule has 1 rings (SSSR count). The fourth-order valence-electron chi connectivity index (χ4n) is 0.829. The highest BCUT2D eigenvalue weighted by molar-refractivity contribution is 7.95. The first kappa shape index (κ1) is 10.1. The summed E-state index contributed by atoms with van der Waals surface area (Å²) in [7, 11) is 0.147. The predicted molar refractivity (Wildman–Crippen MR) is 55.9 cm³/mol. The van der Waals surface area contributed by atoms with Crippen molar-refractivity contribution in [3.63, 3.8) is 0 Å². The van der Waals surface area contributed by atoms with Gasteiger partial charge in [0, 0.05) is 10.9 Å². The summed E-state index contributed by atoms with van der Waals surface area (Å²) in [6.07, 6.45) is 4.08. The van der Waals surface area contributed by atoms with Gasteiger partial charge in [-0.05, 0) is 12.1 Å². The van der Waals surface area contributed by atoms with Crippen LogP contribution in [0.15, 0.2) is 30.3 Å². The summed E-state index contributed by atoms with van der Waals surface area (Å²) in [5, 5.41) is 0. The van der Waals surface area contributed by atoms with Gasteiger partial charge in [0.1, 0.15) is 12.5 Å². The fourth-order valence-corrected chi connectivity index (χ4v) is 1.17. The van der Waals surface area contributed by atoms with Crippen molar-refractivity contribution in [1.82, 2.24) is 0 Å². The van der Waals surface area contributed by atoms with E-state index in [9.17, 15) is 4.79 Å². The number of benzene rings is 1. The van der Waals surface area contributed by atoms with Gasteiger partial charge in [0.05, 0.1) is 5.56 Å². The highest BCUT2D eigenvalue weighted by atomic mass is 32.2. The number of carbonyl (C=O) groups excluding carboxylic acids is 1. The Kier molecular flexibility index (Phi) is 3.83. The van der Waals surface area contributed by atoms with E-state index in [4.69, 9.17) is 4.74 Å². The van der Waals surface area contributed by atoms with Crippen molar-refractivity contribution in [3.05, 3.63) is 35.9 Å². The van der Waals surface area contributed by atoms with Crippen molar-refractivity contribution in [3.8, 4) is 0 Å².